The van der Waals surface area contributed by atoms with Crippen molar-refractivity contribution in [3.63, 3.8) is 0 Å². The molecule has 0 aromatic heterocycles. The highest BCUT2D eigenvalue weighted by Gasteiger charge is 2.46. The molecule has 0 bridgehead atoms. The SMILES string of the molecule is C/C=C(\C)[C@H]1C=C[C@H]2C[C@@H](C)C[C@@H](C)[C@@H]2[C@H]1/C([O-])=C1/C(=O)N[C@@H](C[C@@](C)(O)C(=O)[O-])C1=O. The summed E-state index contributed by atoms with van der Waals surface area (Å²) < 4.78 is 0. The Kier molecular flexibility index (Phi) is 6.70. The van der Waals surface area contributed by atoms with Crippen LogP contribution in [0.15, 0.2) is 35.1 Å². The number of aliphatic hydroxyl groups is 1. The van der Waals surface area contributed by atoms with Gasteiger partial charge in [0, 0.05) is 12.3 Å². The monoisotopic (exact) mass is 443 g/mol. The minimum absolute atomic E-state index is 0.0158. The summed E-state index contributed by atoms with van der Waals surface area (Å²) in [6.07, 6.45) is 7.57. The van der Waals surface area contributed by atoms with Crippen molar-refractivity contribution in [1.82, 2.24) is 5.32 Å². The average Bonchev–Trinajstić information content (AvgIpc) is 2.98. The van der Waals surface area contributed by atoms with Crippen LogP contribution >= 0.6 is 0 Å². The van der Waals surface area contributed by atoms with Gasteiger partial charge in [-0.2, -0.15) is 0 Å². The zero-order valence-corrected chi connectivity index (χ0v) is 19.4. The highest BCUT2D eigenvalue weighted by molar-refractivity contribution is 6.27. The third-order valence-electron chi connectivity index (χ3n) is 7.63. The molecule has 32 heavy (non-hydrogen) atoms. The van der Waals surface area contributed by atoms with Crippen molar-refractivity contribution in [1.29, 1.82) is 0 Å². The number of carbonyl (C=O) groups excluding carboxylic acids is 3. The Morgan fingerprint density at radius 3 is 2.50 bits per heavy atom. The Labute approximate surface area is 189 Å². The fraction of sp³-hybridized carbons (Fsp3) is 0.640. The zero-order chi connectivity index (χ0) is 24.0. The molecule has 0 aromatic rings. The van der Waals surface area contributed by atoms with Gasteiger partial charge in [0.15, 0.2) is 5.78 Å². The fourth-order valence-electron chi connectivity index (χ4n) is 5.95. The third kappa shape index (κ3) is 4.27. The molecular formula is C25H33NO6-2. The molecule has 1 heterocycles. The van der Waals surface area contributed by atoms with Gasteiger partial charge in [0.2, 0.25) is 0 Å². The lowest BCUT2D eigenvalue weighted by molar-refractivity contribution is -0.324. The summed E-state index contributed by atoms with van der Waals surface area (Å²) in [5.41, 5.74) is -1.72. The topological polar surface area (TPSA) is 130 Å². The number of carbonyl (C=O) groups is 3. The van der Waals surface area contributed by atoms with Gasteiger partial charge >= 0.3 is 0 Å². The number of carboxylic acids is 1. The van der Waals surface area contributed by atoms with Crippen LogP contribution in [0.1, 0.15) is 53.9 Å². The molecule has 1 saturated heterocycles. The molecule has 7 heteroatoms. The summed E-state index contributed by atoms with van der Waals surface area (Å²) in [5, 5.41) is 37.4. The lowest BCUT2D eigenvalue weighted by Crippen LogP contribution is -2.50. The van der Waals surface area contributed by atoms with Crippen LogP contribution in [0.2, 0.25) is 0 Å². The maximum atomic E-state index is 13.8. The van der Waals surface area contributed by atoms with Crippen molar-refractivity contribution in [2.24, 2.45) is 35.5 Å². The van der Waals surface area contributed by atoms with Crippen molar-refractivity contribution in [3.05, 3.63) is 35.1 Å². The molecule has 2 N–H and O–H groups in total. The summed E-state index contributed by atoms with van der Waals surface area (Å²) in [4.78, 5) is 36.9. The first-order valence-corrected chi connectivity index (χ1v) is 11.4. The number of hydrogen-bond acceptors (Lipinski definition) is 6. The van der Waals surface area contributed by atoms with Crippen LogP contribution < -0.4 is 15.5 Å². The van der Waals surface area contributed by atoms with Crippen molar-refractivity contribution >= 4 is 17.7 Å². The van der Waals surface area contributed by atoms with E-state index < -0.39 is 53.0 Å². The normalized spacial score (nSPS) is 38.7. The van der Waals surface area contributed by atoms with Gasteiger partial charge in [0.05, 0.1) is 17.6 Å². The quantitative estimate of drug-likeness (QED) is 0.277. The molecule has 2 fully saturated rings. The number of aliphatic carboxylic acids is 1. The molecule has 0 aromatic carbocycles. The molecule has 1 aliphatic heterocycles. The molecule has 1 amide bonds. The van der Waals surface area contributed by atoms with Crippen LogP contribution in [-0.2, 0) is 14.4 Å². The number of nitrogens with one attached hydrogen (secondary N) is 1. The van der Waals surface area contributed by atoms with Crippen LogP contribution in [0, 0.1) is 35.5 Å². The highest BCUT2D eigenvalue weighted by atomic mass is 16.4. The summed E-state index contributed by atoms with van der Waals surface area (Å²) >= 11 is 0. The number of allylic oxidation sites excluding steroid dienone is 5. The predicted molar refractivity (Wildman–Crippen MR) is 114 cm³/mol. The van der Waals surface area contributed by atoms with E-state index in [1.807, 2.05) is 26.0 Å². The van der Waals surface area contributed by atoms with Gasteiger partial charge in [0.1, 0.15) is 5.60 Å². The van der Waals surface area contributed by atoms with E-state index >= 15 is 0 Å². The van der Waals surface area contributed by atoms with E-state index in [2.05, 4.69) is 25.2 Å². The first kappa shape index (κ1) is 24.2. The van der Waals surface area contributed by atoms with Crippen LogP contribution in [0.5, 0.6) is 0 Å². The minimum Gasteiger partial charge on any atom is -0.875 e. The van der Waals surface area contributed by atoms with Gasteiger partial charge in [-0.1, -0.05) is 37.6 Å². The number of amides is 1. The van der Waals surface area contributed by atoms with Crippen molar-refractivity contribution in [3.8, 4) is 0 Å². The van der Waals surface area contributed by atoms with Gasteiger partial charge in [-0.15, -0.1) is 5.76 Å². The summed E-state index contributed by atoms with van der Waals surface area (Å²) in [6.45, 7) is 9.20. The van der Waals surface area contributed by atoms with E-state index in [0.717, 1.165) is 25.3 Å². The van der Waals surface area contributed by atoms with Crippen LogP contribution in [0.3, 0.4) is 0 Å². The number of ketones is 1. The van der Waals surface area contributed by atoms with Gasteiger partial charge < -0.3 is 25.4 Å². The smallest absolute Gasteiger partial charge is 0.254 e. The molecule has 7 nitrogen and oxygen atoms in total. The molecular weight excluding hydrogens is 410 g/mol. The van der Waals surface area contributed by atoms with E-state index in [1.54, 1.807) is 0 Å². The van der Waals surface area contributed by atoms with Crippen molar-refractivity contribution < 1.29 is 29.7 Å². The van der Waals surface area contributed by atoms with E-state index in [9.17, 15) is 29.7 Å². The summed E-state index contributed by atoms with van der Waals surface area (Å²) in [7, 11) is 0. The van der Waals surface area contributed by atoms with Gasteiger partial charge in [-0.25, -0.2) is 0 Å². The maximum absolute atomic E-state index is 13.8. The Morgan fingerprint density at radius 2 is 1.91 bits per heavy atom. The lowest BCUT2D eigenvalue weighted by Gasteiger charge is -2.50. The average molecular weight is 444 g/mol. The number of rotatable bonds is 5. The minimum atomic E-state index is -2.30. The predicted octanol–water partition coefficient (Wildman–Crippen LogP) is 0.626. The van der Waals surface area contributed by atoms with Crippen molar-refractivity contribution in [2.45, 2.75) is 65.5 Å². The first-order valence-electron chi connectivity index (χ1n) is 11.4. The third-order valence-corrected chi connectivity index (χ3v) is 7.63. The van der Waals surface area contributed by atoms with E-state index in [-0.39, 0.29) is 23.7 Å². The molecule has 8 atom stereocenters. The second kappa shape index (κ2) is 8.85. The van der Waals surface area contributed by atoms with Gasteiger partial charge in [-0.05, 0) is 63.2 Å². The van der Waals surface area contributed by atoms with Crippen LogP contribution in [0.4, 0.5) is 0 Å². The molecule has 2 aliphatic carbocycles. The molecule has 0 unspecified atom stereocenters. The molecule has 3 rings (SSSR count). The largest absolute Gasteiger partial charge is 0.875 e. The number of fused-ring (bicyclic) bond motifs is 1. The Bertz CT molecular complexity index is 898. The van der Waals surface area contributed by atoms with Crippen molar-refractivity contribution in [2.75, 3.05) is 0 Å². The Morgan fingerprint density at radius 1 is 1.25 bits per heavy atom. The van der Waals surface area contributed by atoms with E-state index in [1.165, 1.54) is 0 Å². The fourth-order valence-corrected chi connectivity index (χ4v) is 5.95. The lowest BCUT2D eigenvalue weighted by atomic mass is 9.57. The number of carboxylic acid groups (broad SMARTS) is 1. The van der Waals surface area contributed by atoms with Gasteiger partial charge in [-0.3, -0.25) is 9.59 Å². The van der Waals surface area contributed by atoms with Crippen LogP contribution in [0.25, 0.3) is 0 Å². The maximum Gasteiger partial charge on any atom is 0.254 e. The van der Waals surface area contributed by atoms with E-state index in [0.29, 0.717) is 5.92 Å². The number of hydrogen-bond donors (Lipinski definition) is 2. The highest BCUT2D eigenvalue weighted by Crippen LogP contribution is 2.51. The summed E-state index contributed by atoms with van der Waals surface area (Å²) in [5.74, 6) is -3.49. The van der Waals surface area contributed by atoms with Crippen LogP contribution in [-0.4, -0.2) is 34.4 Å². The Hall–Kier alpha value is -2.41. The molecule has 0 radical (unpaired) electrons. The first-order chi connectivity index (χ1) is 14.9. The molecule has 1 saturated carbocycles. The van der Waals surface area contributed by atoms with Gasteiger partial charge in [0.25, 0.3) is 5.91 Å². The zero-order valence-electron chi connectivity index (χ0n) is 19.4. The summed E-state index contributed by atoms with van der Waals surface area (Å²) in [6, 6.07) is -1.27. The second-order valence-corrected chi connectivity index (χ2v) is 10.2. The number of Topliss-reactive ketones (excluding diaryl/α,β-unsaturated/α-hetero) is 1. The van der Waals surface area contributed by atoms with E-state index in [4.69, 9.17) is 0 Å². The molecule has 0 spiro atoms. The Balaban J connectivity index is 2.04. The molecule has 176 valence electrons. The standard InChI is InChI=1S/C25H35NO6/c1-6-13(3)16-8-7-15-10-12(2)9-14(4)18(15)19(16)22(28)20-21(27)17(26-23(20)29)11-25(5,32)24(30)31/h6-8,12,14-19,28,32H,9-11H2,1-5H3,(H,26,29)(H,30,31)/p-2/b13-6+,22-20-/t12-,14+,15-,16+,17-,18-,19-,25+/m0/s1. The molecule has 3 aliphatic rings. The second-order valence-electron chi connectivity index (χ2n) is 10.2.